The van der Waals surface area contributed by atoms with Crippen molar-refractivity contribution in [1.82, 2.24) is 0 Å². The summed E-state index contributed by atoms with van der Waals surface area (Å²) in [5, 5.41) is 4.57. The lowest BCUT2D eigenvalue weighted by Crippen LogP contribution is -2.30. The number of nitrogens with one attached hydrogen (secondary N) is 1. The normalized spacial score (nSPS) is 17.3. The molecule has 5 nitrogen and oxygen atoms in total. The molecule has 0 spiro atoms. The van der Waals surface area contributed by atoms with Crippen LogP contribution in [0.2, 0.25) is 0 Å². The molecule has 2 aromatic rings. The zero-order valence-electron chi connectivity index (χ0n) is 13.0. The maximum absolute atomic E-state index is 12.2. The Morgan fingerprint density at radius 2 is 2.04 bits per heavy atom. The largest absolute Gasteiger partial charge is 0.451 e. The summed E-state index contributed by atoms with van der Waals surface area (Å²) in [6, 6.07) is 10.1. The fourth-order valence-electron chi connectivity index (χ4n) is 2.60. The van der Waals surface area contributed by atoms with Gasteiger partial charge in [-0.15, -0.1) is 11.3 Å². The van der Waals surface area contributed by atoms with Crippen LogP contribution in [-0.4, -0.2) is 23.8 Å². The van der Waals surface area contributed by atoms with Gasteiger partial charge in [-0.25, -0.2) is 4.79 Å². The standard InChI is InChI=1S/C18H17NO4S/c20-14-7-1-2-8-15(14)23-18(22)12-5-3-6-13(11-12)19-17(21)16-9-4-10-24-16/h3-6,9-11,15H,1-2,7-8H2,(H,19,21)/t15-/m1/s1. The van der Waals surface area contributed by atoms with E-state index in [2.05, 4.69) is 5.32 Å². The quantitative estimate of drug-likeness (QED) is 0.860. The summed E-state index contributed by atoms with van der Waals surface area (Å²) in [4.78, 5) is 36.7. The molecule has 1 heterocycles. The van der Waals surface area contributed by atoms with Crippen molar-refractivity contribution in [3.05, 3.63) is 52.2 Å². The second-order valence-corrected chi connectivity index (χ2v) is 6.57. The molecule has 1 aromatic carbocycles. The number of hydrogen-bond acceptors (Lipinski definition) is 5. The van der Waals surface area contributed by atoms with Gasteiger partial charge in [0.1, 0.15) is 0 Å². The molecule has 1 saturated carbocycles. The molecule has 1 N–H and O–H groups in total. The van der Waals surface area contributed by atoms with Gasteiger partial charge in [0.25, 0.3) is 5.91 Å². The number of Topliss-reactive ketones (excluding diaryl/α,β-unsaturated/α-hetero) is 1. The second-order valence-electron chi connectivity index (χ2n) is 5.62. The van der Waals surface area contributed by atoms with Crippen molar-refractivity contribution in [1.29, 1.82) is 0 Å². The molecule has 24 heavy (non-hydrogen) atoms. The number of ketones is 1. The van der Waals surface area contributed by atoms with E-state index < -0.39 is 12.1 Å². The molecule has 0 unspecified atom stereocenters. The van der Waals surface area contributed by atoms with Gasteiger partial charge in [-0.3, -0.25) is 9.59 Å². The Labute approximate surface area is 143 Å². The van der Waals surface area contributed by atoms with Crippen LogP contribution in [0.5, 0.6) is 0 Å². The maximum atomic E-state index is 12.2. The molecule has 1 aliphatic rings. The summed E-state index contributed by atoms with van der Waals surface area (Å²) in [6.07, 6.45) is 2.15. The van der Waals surface area contributed by atoms with Crippen LogP contribution >= 0.6 is 11.3 Å². The van der Waals surface area contributed by atoms with Gasteiger partial charge in [0.05, 0.1) is 10.4 Å². The summed E-state index contributed by atoms with van der Waals surface area (Å²) in [7, 11) is 0. The lowest BCUT2D eigenvalue weighted by atomic mass is 9.96. The first-order chi connectivity index (χ1) is 11.6. The third-order valence-corrected chi connectivity index (χ3v) is 4.72. The number of hydrogen-bond donors (Lipinski definition) is 1. The number of carbonyl (C=O) groups excluding carboxylic acids is 3. The third-order valence-electron chi connectivity index (χ3n) is 3.85. The van der Waals surface area contributed by atoms with Crippen LogP contribution in [0.3, 0.4) is 0 Å². The van der Waals surface area contributed by atoms with E-state index in [4.69, 9.17) is 4.74 Å². The average Bonchev–Trinajstić information content (AvgIpc) is 3.12. The summed E-state index contributed by atoms with van der Waals surface area (Å²) in [5.41, 5.74) is 0.829. The summed E-state index contributed by atoms with van der Waals surface area (Å²) in [5.74, 6) is -0.780. The van der Waals surface area contributed by atoms with Crippen molar-refractivity contribution < 1.29 is 19.1 Å². The Hall–Kier alpha value is -2.47. The molecule has 1 aliphatic carbocycles. The lowest BCUT2D eigenvalue weighted by molar-refractivity contribution is -0.129. The number of thiophene rings is 1. The topological polar surface area (TPSA) is 72.5 Å². The number of carbonyl (C=O) groups is 3. The molecule has 0 saturated heterocycles. The van der Waals surface area contributed by atoms with Crippen molar-refractivity contribution >= 4 is 34.7 Å². The van der Waals surface area contributed by atoms with E-state index in [0.29, 0.717) is 29.0 Å². The third kappa shape index (κ3) is 3.89. The molecule has 0 bridgehead atoms. The predicted octanol–water partition coefficient (Wildman–Crippen LogP) is 3.67. The Kier molecular flexibility index (Phi) is 5.05. The highest BCUT2D eigenvalue weighted by molar-refractivity contribution is 7.12. The SMILES string of the molecule is O=C(O[C@@H]1CCCCC1=O)c1cccc(NC(=O)c2cccs2)c1. The van der Waals surface area contributed by atoms with Gasteiger partial charge in [-0.1, -0.05) is 12.1 Å². The van der Waals surface area contributed by atoms with Gasteiger partial charge >= 0.3 is 5.97 Å². The minimum absolute atomic E-state index is 0.0169. The zero-order valence-corrected chi connectivity index (χ0v) is 13.8. The molecule has 0 aliphatic heterocycles. The van der Waals surface area contributed by atoms with Gasteiger partial charge < -0.3 is 10.1 Å². The van der Waals surface area contributed by atoms with Gasteiger partial charge in [0.15, 0.2) is 11.9 Å². The Morgan fingerprint density at radius 3 is 2.79 bits per heavy atom. The second kappa shape index (κ2) is 7.40. The Balaban J connectivity index is 1.67. The first kappa shape index (κ1) is 16.4. The van der Waals surface area contributed by atoms with Crippen LogP contribution < -0.4 is 5.32 Å². The predicted molar refractivity (Wildman–Crippen MR) is 91.4 cm³/mol. The Morgan fingerprint density at radius 1 is 1.17 bits per heavy atom. The smallest absolute Gasteiger partial charge is 0.338 e. The number of amides is 1. The molecule has 124 valence electrons. The van der Waals surface area contributed by atoms with Crippen LogP contribution in [0, 0.1) is 0 Å². The number of benzene rings is 1. The first-order valence-electron chi connectivity index (χ1n) is 7.82. The van der Waals surface area contributed by atoms with E-state index in [0.717, 1.165) is 12.8 Å². The molecule has 1 aromatic heterocycles. The zero-order chi connectivity index (χ0) is 16.9. The van der Waals surface area contributed by atoms with Gasteiger partial charge in [-0.05, 0) is 48.9 Å². The van der Waals surface area contributed by atoms with E-state index in [1.807, 2.05) is 5.38 Å². The molecule has 6 heteroatoms. The minimum atomic E-state index is -0.643. The first-order valence-corrected chi connectivity index (χ1v) is 8.70. The monoisotopic (exact) mass is 343 g/mol. The van der Waals surface area contributed by atoms with E-state index in [1.165, 1.54) is 11.3 Å². The number of anilines is 1. The highest BCUT2D eigenvalue weighted by atomic mass is 32.1. The van der Waals surface area contributed by atoms with Crippen LogP contribution in [0.4, 0.5) is 5.69 Å². The number of rotatable bonds is 4. The molecule has 1 atom stereocenters. The van der Waals surface area contributed by atoms with Crippen LogP contribution in [0.15, 0.2) is 41.8 Å². The molecule has 0 radical (unpaired) electrons. The fraction of sp³-hybridized carbons (Fsp3) is 0.278. The molecule has 1 fully saturated rings. The minimum Gasteiger partial charge on any atom is -0.451 e. The molecular weight excluding hydrogens is 326 g/mol. The summed E-state index contributed by atoms with van der Waals surface area (Å²) < 4.78 is 5.32. The van der Waals surface area contributed by atoms with E-state index in [1.54, 1.807) is 36.4 Å². The molecule has 1 amide bonds. The Bertz CT molecular complexity index is 754. The highest BCUT2D eigenvalue weighted by Crippen LogP contribution is 2.20. The van der Waals surface area contributed by atoms with Gasteiger partial charge in [-0.2, -0.15) is 0 Å². The van der Waals surface area contributed by atoms with Crippen molar-refractivity contribution in [3.63, 3.8) is 0 Å². The van der Waals surface area contributed by atoms with Gasteiger partial charge in [0, 0.05) is 12.1 Å². The van der Waals surface area contributed by atoms with Crippen LogP contribution in [-0.2, 0) is 9.53 Å². The summed E-state index contributed by atoms with van der Waals surface area (Å²) >= 11 is 1.34. The van der Waals surface area contributed by atoms with Crippen molar-refractivity contribution in [2.45, 2.75) is 31.8 Å². The number of esters is 1. The van der Waals surface area contributed by atoms with E-state index in [9.17, 15) is 14.4 Å². The molecule has 3 rings (SSSR count). The lowest BCUT2D eigenvalue weighted by Gasteiger charge is -2.20. The highest BCUT2D eigenvalue weighted by Gasteiger charge is 2.26. The fourth-order valence-corrected chi connectivity index (χ4v) is 3.22. The average molecular weight is 343 g/mol. The maximum Gasteiger partial charge on any atom is 0.338 e. The van der Waals surface area contributed by atoms with Crippen molar-refractivity contribution in [2.75, 3.05) is 5.32 Å². The van der Waals surface area contributed by atoms with E-state index in [-0.39, 0.29) is 11.7 Å². The summed E-state index contributed by atoms with van der Waals surface area (Å²) in [6.45, 7) is 0. The van der Waals surface area contributed by atoms with E-state index >= 15 is 0 Å². The van der Waals surface area contributed by atoms with Crippen molar-refractivity contribution in [3.8, 4) is 0 Å². The van der Waals surface area contributed by atoms with Crippen LogP contribution in [0.1, 0.15) is 45.7 Å². The van der Waals surface area contributed by atoms with Gasteiger partial charge in [0.2, 0.25) is 0 Å². The van der Waals surface area contributed by atoms with Crippen molar-refractivity contribution in [2.24, 2.45) is 0 Å². The number of ether oxygens (including phenoxy) is 1. The molecular formula is C18H17NO4S. The van der Waals surface area contributed by atoms with Crippen LogP contribution in [0.25, 0.3) is 0 Å².